The maximum Gasteiger partial charge on any atom is 0.262 e. The van der Waals surface area contributed by atoms with Crippen LogP contribution in [0.25, 0.3) is 0 Å². The van der Waals surface area contributed by atoms with Crippen LogP contribution in [0.3, 0.4) is 0 Å². The molecule has 142 valence electrons. The molecule has 0 saturated heterocycles. The van der Waals surface area contributed by atoms with E-state index in [9.17, 15) is 13.2 Å². The third-order valence-corrected chi connectivity index (χ3v) is 7.31. The number of aliphatic imine (C=N–C) groups is 1. The van der Waals surface area contributed by atoms with E-state index in [1.807, 2.05) is 0 Å². The van der Waals surface area contributed by atoms with Crippen LogP contribution in [-0.2, 0) is 14.8 Å². The van der Waals surface area contributed by atoms with Crippen LogP contribution in [0.15, 0.2) is 34.2 Å². The molecule has 26 heavy (non-hydrogen) atoms. The summed E-state index contributed by atoms with van der Waals surface area (Å²) in [5.74, 6) is 0.808. The SMILES string of the molecule is O=C(CSC1CCCCC1)Nc1cccc(S(=O)(=O)NC2=NCCC2)c1. The second-order valence-electron chi connectivity index (χ2n) is 6.68. The lowest BCUT2D eigenvalue weighted by Gasteiger charge is -2.20. The van der Waals surface area contributed by atoms with E-state index >= 15 is 0 Å². The zero-order chi connectivity index (χ0) is 18.4. The normalized spacial score (nSPS) is 18.4. The van der Waals surface area contributed by atoms with E-state index in [0.717, 1.165) is 6.42 Å². The molecule has 1 fully saturated rings. The summed E-state index contributed by atoms with van der Waals surface area (Å²) >= 11 is 1.70. The van der Waals surface area contributed by atoms with Crippen molar-refractivity contribution in [2.24, 2.45) is 4.99 Å². The van der Waals surface area contributed by atoms with Gasteiger partial charge in [-0.3, -0.25) is 14.5 Å². The van der Waals surface area contributed by atoms with Crippen molar-refractivity contribution >= 4 is 39.2 Å². The van der Waals surface area contributed by atoms with Gasteiger partial charge in [-0.1, -0.05) is 25.3 Å². The second-order valence-corrected chi connectivity index (χ2v) is 9.66. The summed E-state index contributed by atoms with van der Waals surface area (Å²) in [7, 11) is -3.67. The Morgan fingerprint density at radius 2 is 2.00 bits per heavy atom. The number of benzene rings is 1. The number of carbonyl (C=O) groups excluding carboxylic acids is 1. The van der Waals surface area contributed by atoms with Crippen LogP contribution < -0.4 is 10.0 Å². The average molecular weight is 396 g/mol. The molecule has 1 saturated carbocycles. The predicted molar refractivity (Wildman–Crippen MR) is 106 cm³/mol. The zero-order valence-corrected chi connectivity index (χ0v) is 16.4. The predicted octanol–water partition coefficient (Wildman–Crippen LogP) is 3.16. The van der Waals surface area contributed by atoms with Gasteiger partial charge in [0, 0.05) is 23.9 Å². The zero-order valence-electron chi connectivity index (χ0n) is 14.7. The summed E-state index contributed by atoms with van der Waals surface area (Å²) in [6, 6.07) is 6.34. The third-order valence-electron chi connectivity index (χ3n) is 4.56. The number of thioether (sulfide) groups is 1. The fourth-order valence-electron chi connectivity index (χ4n) is 3.20. The smallest absolute Gasteiger partial charge is 0.262 e. The maximum absolute atomic E-state index is 12.4. The molecule has 0 radical (unpaired) electrons. The van der Waals surface area contributed by atoms with Gasteiger partial charge < -0.3 is 5.32 Å². The minimum Gasteiger partial charge on any atom is -0.325 e. The molecule has 0 aromatic heterocycles. The Morgan fingerprint density at radius 3 is 2.73 bits per heavy atom. The van der Waals surface area contributed by atoms with Crippen molar-refractivity contribution in [2.45, 2.75) is 55.1 Å². The van der Waals surface area contributed by atoms with Gasteiger partial charge in [0.15, 0.2) is 0 Å². The van der Waals surface area contributed by atoms with Crippen LogP contribution >= 0.6 is 11.8 Å². The molecule has 0 atom stereocenters. The van der Waals surface area contributed by atoms with E-state index in [4.69, 9.17) is 0 Å². The van der Waals surface area contributed by atoms with Gasteiger partial charge in [0.25, 0.3) is 10.0 Å². The summed E-state index contributed by atoms with van der Waals surface area (Å²) in [6.45, 7) is 0.659. The minimum absolute atomic E-state index is 0.0942. The van der Waals surface area contributed by atoms with Crippen LogP contribution in [0.2, 0.25) is 0 Å². The topological polar surface area (TPSA) is 87.6 Å². The molecule has 1 amide bonds. The van der Waals surface area contributed by atoms with Crippen molar-refractivity contribution in [3.05, 3.63) is 24.3 Å². The molecule has 6 nitrogen and oxygen atoms in total. The van der Waals surface area contributed by atoms with Gasteiger partial charge in [0.2, 0.25) is 5.91 Å². The molecular formula is C18H25N3O3S2. The molecule has 0 spiro atoms. The first-order valence-electron chi connectivity index (χ1n) is 9.10. The Balaban J connectivity index is 1.57. The van der Waals surface area contributed by atoms with Crippen molar-refractivity contribution in [2.75, 3.05) is 17.6 Å². The first-order valence-corrected chi connectivity index (χ1v) is 11.6. The molecule has 1 aromatic rings. The van der Waals surface area contributed by atoms with E-state index in [1.165, 1.54) is 44.2 Å². The summed E-state index contributed by atoms with van der Waals surface area (Å²) < 4.78 is 27.4. The number of anilines is 1. The molecule has 2 N–H and O–H groups in total. The van der Waals surface area contributed by atoms with Gasteiger partial charge in [-0.15, -0.1) is 11.8 Å². The molecule has 3 rings (SSSR count). The Labute approximate surface area is 159 Å². The van der Waals surface area contributed by atoms with Gasteiger partial charge in [-0.05, 0) is 37.5 Å². The standard InChI is InChI=1S/C18H25N3O3S2/c22-18(13-25-15-7-2-1-3-8-15)20-14-6-4-9-16(12-14)26(23,24)21-17-10-5-11-19-17/h4,6,9,12,15H,1-3,5,7-8,10-11,13H2,(H,19,21)(H,20,22). The monoisotopic (exact) mass is 395 g/mol. The van der Waals surface area contributed by atoms with Gasteiger partial charge >= 0.3 is 0 Å². The van der Waals surface area contributed by atoms with Crippen LogP contribution in [0, 0.1) is 0 Å². The largest absolute Gasteiger partial charge is 0.325 e. The number of amidine groups is 1. The van der Waals surface area contributed by atoms with Crippen molar-refractivity contribution in [3.63, 3.8) is 0 Å². The number of hydrogen-bond donors (Lipinski definition) is 2. The molecule has 2 aliphatic rings. The maximum atomic E-state index is 12.4. The summed E-state index contributed by atoms with van der Waals surface area (Å²) in [5, 5.41) is 3.37. The van der Waals surface area contributed by atoms with E-state index in [-0.39, 0.29) is 10.8 Å². The van der Waals surface area contributed by atoms with Crippen LogP contribution in [0.1, 0.15) is 44.9 Å². The van der Waals surface area contributed by atoms with Gasteiger partial charge in [0.1, 0.15) is 5.84 Å². The van der Waals surface area contributed by atoms with Crippen molar-refractivity contribution < 1.29 is 13.2 Å². The Morgan fingerprint density at radius 1 is 1.19 bits per heavy atom. The van der Waals surface area contributed by atoms with Crippen LogP contribution in [0.4, 0.5) is 5.69 Å². The Bertz CT molecular complexity index is 772. The van der Waals surface area contributed by atoms with E-state index in [1.54, 1.807) is 23.9 Å². The molecule has 1 aliphatic heterocycles. The van der Waals surface area contributed by atoms with E-state index in [2.05, 4.69) is 15.0 Å². The number of amides is 1. The highest BCUT2D eigenvalue weighted by molar-refractivity contribution is 8.00. The van der Waals surface area contributed by atoms with E-state index < -0.39 is 10.0 Å². The quantitative estimate of drug-likeness (QED) is 0.774. The fraction of sp³-hybridized carbons (Fsp3) is 0.556. The highest BCUT2D eigenvalue weighted by atomic mass is 32.2. The first-order chi connectivity index (χ1) is 12.5. The van der Waals surface area contributed by atoms with Crippen LogP contribution in [-0.4, -0.2) is 37.7 Å². The molecule has 1 heterocycles. The van der Waals surface area contributed by atoms with Crippen molar-refractivity contribution in [3.8, 4) is 0 Å². The number of rotatable bonds is 6. The number of carbonyl (C=O) groups is 1. The lowest BCUT2D eigenvalue weighted by molar-refractivity contribution is -0.113. The number of sulfonamides is 1. The van der Waals surface area contributed by atoms with Gasteiger partial charge in [-0.25, -0.2) is 8.42 Å². The average Bonchev–Trinajstić information content (AvgIpc) is 3.13. The van der Waals surface area contributed by atoms with Crippen molar-refractivity contribution in [1.29, 1.82) is 0 Å². The Hall–Kier alpha value is -1.54. The van der Waals surface area contributed by atoms with Crippen molar-refractivity contribution in [1.82, 2.24) is 4.72 Å². The number of hydrogen-bond acceptors (Lipinski definition) is 5. The first kappa shape index (κ1) is 19.2. The lowest BCUT2D eigenvalue weighted by atomic mass is 10.0. The fourth-order valence-corrected chi connectivity index (χ4v) is 5.46. The number of nitrogens with one attached hydrogen (secondary N) is 2. The Kier molecular flexibility index (Phi) is 6.58. The van der Waals surface area contributed by atoms with Crippen LogP contribution in [0.5, 0.6) is 0 Å². The summed E-state index contributed by atoms with van der Waals surface area (Å²) in [6.07, 6.45) is 7.67. The summed E-state index contributed by atoms with van der Waals surface area (Å²) in [4.78, 5) is 16.4. The van der Waals surface area contributed by atoms with Gasteiger partial charge in [-0.2, -0.15) is 0 Å². The van der Waals surface area contributed by atoms with E-state index in [0.29, 0.717) is 35.5 Å². The molecule has 0 bridgehead atoms. The molecular weight excluding hydrogens is 370 g/mol. The van der Waals surface area contributed by atoms with Gasteiger partial charge in [0.05, 0.1) is 10.6 Å². The third kappa shape index (κ3) is 5.48. The molecule has 1 aliphatic carbocycles. The second kappa shape index (κ2) is 8.90. The molecule has 1 aromatic carbocycles. The summed E-state index contributed by atoms with van der Waals surface area (Å²) in [5.41, 5.74) is 0.496. The molecule has 8 heteroatoms. The lowest BCUT2D eigenvalue weighted by Crippen LogP contribution is -2.29. The number of nitrogens with zero attached hydrogens (tertiary/aromatic N) is 1. The minimum atomic E-state index is -3.67. The highest BCUT2D eigenvalue weighted by Gasteiger charge is 2.19. The molecule has 0 unspecified atom stereocenters. The highest BCUT2D eigenvalue weighted by Crippen LogP contribution is 2.28.